The highest BCUT2D eigenvalue weighted by atomic mass is 16.6. The molecule has 40 heavy (non-hydrogen) atoms. The van der Waals surface area contributed by atoms with E-state index in [1.165, 1.54) is 0 Å². The number of hydrogen-bond acceptors (Lipinski definition) is 6. The zero-order valence-corrected chi connectivity index (χ0v) is 24.4. The molecule has 0 heterocycles. The van der Waals surface area contributed by atoms with Gasteiger partial charge in [0.25, 0.3) is 0 Å². The summed E-state index contributed by atoms with van der Waals surface area (Å²) < 4.78 is 10.2. The van der Waals surface area contributed by atoms with Crippen molar-refractivity contribution < 1.29 is 33.8 Å². The van der Waals surface area contributed by atoms with E-state index in [4.69, 9.17) is 14.6 Å². The first-order valence-corrected chi connectivity index (χ1v) is 13.2. The second kappa shape index (κ2) is 16.1. The van der Waals surface area contributed by atoms with Crippen LogP contribution in [0.1, 0.15) is 59.6 Å². The second-order valence-electron chi connectivity index (χ2n) is 11.0. The molecule has 0 saturated heterocycles. The summed E-state index contributed by atoms with van der Waals surface area (Å²) in [5, 5.41) is 16.8. The summed E-state index contributed by atoms with van der Waals surface area (Å²) in [6.45, 7) is 12.9. The Labute approximate surface area is 236 Å². The third kappa shape index (κ3) is 15.4. The SMILES string of the molecule is CC(C)(C)OC(=O)N[C@@H](Cc1ccccc1)C(=O)O.CCNC(=O)[C@H](Cc1ccccc1)NC(=O)OC(C)(C)C. The highest BCUT2D eigenvalue weighted by Crippen LogP contribution is 2.10. The van der Waals surface area contributed by atoms with E-state index in [9.17, 15) is 19.2 Å². The zero-order chi connectivity index (χ0) is 30.3. The molecule has 0 aromatic heterocycles. The van der Waals surface area contributed by atoms with Crippen LogP contribution in [0, 0.1) is 0 Å². The number of amides is 3. The van der Waals surface area contributed by atoms with Crippen LogP contribution in [0.4, 0.5) is 9.59 Å². The fourth-order valence-corrected chi connectivity index (χ4v) is 3.31. The number of likely N-dealkylation sites (N-methyl/N-ethyl adjacent to an activating group) is 1. The Kier molecular flexibility index (Phi) is 13.7. The van der Waals surface area contributed by atoms with Crippen molar-refractivity contribution in [3.63, 3.8) is 0 Å². The molecule has 10 nitrogen and oxygen atoms in total. The van der Waals surface area contributed by atoms with Gasteiger partial charge < -0.3 is 30.5 Å². The molecule has 0 bridgehead atoms. The molecular weight excluding hydrogens is 514 g/mol. The number of ether oxygens (including phenoxy) is 2. The van der Waals surface area contributed by atoms with Gasteiger partial charge in [-0.2, -0.15) is 0 Å². The number of carboxylic acid groups (broad SMARTS) is 1. The first kappa shape index (κ1) is 33.9. The summed E-state index contributed by atoms with van der Waals surface area (Å²) in [5.74, 6) is -1.30. The lowest BCUT2D eigenvalue weighted by atomic mass is 10.1. The minimum absolute atomic E-state index is 0.216. The van der Waals surface area contributed by atoms with Crippen molar-refractivity contribution >= 4 is 24.1 Å². The van der Waals surface area contributed by atoms with E-state index in [1.807, 2.05) is 67.6 Å². The molecule has 0 aliphatic rings. The van der Waals surface area contributed by atoms with Crippen LogP contribution in [-0.2, 0) is 31.9 Å². The van der Waals surface area contributed by atoms with Gasteiger partial charge in [0.2, 0.25) is 5.91 Å². The van der Waals surface area contributed by atoms with Crippen LogP contribution < -0.4 is 16.0 Å². The number of rotatable bonds is 9. The molecule has 2 rings (SSSR count). The van der Waals surface area contributed by atoms with E-state index in [2.05, 4.69) is 16.0 Å². The number of alkyl carbamates (subject to hydrolysis) is 2. The van der Waals surface area contributed by atoms with Crippen LogP contribution in [-0.4, -0.2) is 59.0 Å². The fraction of sp³-hybridized carbons (Fsp3) is 0.467. The predicted molar refractivity (Wildman–Crippen MR) is 153 cm³/mol. The monoisotopic (exact) mass is 557 g/mol. The average Bonchev–Trinajstić information content (AvgIpc) is 2.83. The number of benzene rings is 2. The molecule has 220 valence electrons. The zero-order valence-electron chi connectivity index (χ0n) is 24.4. The van der Waals surface area contributed by atoms with Gasteiger partial charge >= 0.3 is 18.2 Å². The summed E-state index contributed by atoms with van der Waals surface area (Å²) in [5.41, 5.74) is 0.568. The van der Waals surface area contributed by atoms with Gasteiger partial charge in [-0.25, -0.2) is 14.4 Å². The van der Waals surface area contributed by atoms with E-state index < -0.39 is 41.4 Å². The van der Waals surface area contributed by atoms with Crippen molar-refractivity contribution in [2.45, 2.75) is 84.6 Å². The largest absolute Gasteiger partial charge is 0.480 e. The van der Waals surface area contributed by atoms with Gasteiger partial charge in [-0.15, -0.1) is 0 Å². The van der Waals surface area contributed by atoms with Crippen LogP contribution in [0.15, 0.2) is 60.7 Å². The lowest BCUT2D eigenvalue weighted by molar-refractivity contribution is -0.139. The van der Waals surface area contributed by atoms with Crippen LogP contribution in [0.2, 0.25) is 0 Å². The van der Waals surface area contributed by atoms with E-state index >= 15 is 0 Å². The first-order valence-electron chi connectivity index (χ1n) is 13.2. The maximum Gasteiger partial charge on any atom is 0.408 e. The lowest BCUT2D eigenvalue weighted by Gasteiger charge is -2.23. The molecule has 10 heteroatoms. The fourth-order valence-electron chi connectivity index (χ4n) is 3.31. The van der Waals surface area contributed by atoms with E-state index in [0.717, 1.165) is 11.1 Å². The molecule has 0 spiro atoms. The van der Waals surface area contributed by atoms with Gasteiger partial charge in [0.05, 0.1) is 0 Å². The van der Waals surface area contributed by atoms with E-state index in [1.54, 1.807) is 41.5 Å². The third-order valence-electron chi connectivity index (χ3n) is 4.91. The van der Waals surface area contributed by atoms with Gasteiger partial charge in [-0.05, 0) is 59.6 Å². The van der Waals surface area contributed by atoms with Gasteiger partial charge in [0.15, 0.2) is 0 Å². The Hall–Kier alpha value is -4.08. The highest BCUT2D eigenvalue weighted by molar-refractivity contribution is 5.86. The van der Waals surface area contributed by atoms with Crippen LogP contribution in [0.3, 0.4) is 0 Å². The van der Waals surface area contributed by atoms with Gasteiger partial charge in [0.1, 0.15) is 23.3 Å². The Morgan fingerprint density at radius 2 is 1.07 bits per heavy atom. The number of hydrogen-bond donors (Lipinski definition) is 4. The molecular formula is C30H43N3O7. The van der Waals surface area contributed by atoms with E-state index in [0.29, 0.717) is 13.0 Å². The van der Waals surface area contributed by atoms with Gasteiger partial charge in [-0.3, -0.25) is 4.79 Å². The molecule has 2 aromatic rings. The Morgan fingerprint density at radius 1 is 0.700 bits per heavy atom. The number of carbonyl (C=O) groups is 4. The summed E-state index contributed by atoms with van der Waals surface area (Å²) in [4.78, 5) is 46.6. The first-order chi connectivity index (χ1) is 18.6. The van der Waals surface area contributed by atoms with Crippen molar-refractivity contribution in [1.82, 2.24) is 16.0 Å². The van der Waals surface area contributed by atoms with Crippen LogP contribution in [0.25, 0.3) is 0 Å². The average molecular weight is 558 g/mol. The summed E-state index contributed by atoms with van der Waals surface area (Å²) in [7, 11) is 0. The van der Waals surface area contributed by atoms with Crippen molar-refractivity contribution in [3.8, 4) is 0 Å². The van der Waals surface area contributed by atoms with Gasteiger partial charge in [0, 0.05) is 19.4 Å². The number of aliphatic carboxylic acids is 1. The Bertz CT molecular complexity index is 1080. The normalized spacial score (nSPS) is 12.5. The number of carbonyl (C=O) groups excluding carboxylic acids is 3. The maximum atomic E-state index is 12.1. The van der Waals surface area contributed by atoms with Crippen molar-refractivity contribution in [2.24, 2.45) is 0 Å². The predicted octanol–water partition coefficient (Wildman–Crippen LogP) is 4.47. The van der Waals surface area contributed by atoms with Crippen molar-refractivity contribution in [1.29, 1.82) is 0 Å². The lowest BCUT2D eigenvalue weighted by Crippen LogP contribution is -2.49. The molecule has 0 radical (unpaired) electrons. The number of nitrogens with one attached hydrogen (secondary N) is 3. The molecule has 0 saturated carbocycles. The molecule has 4 N–H and O–H groups in total. The third-order valence-corrected chi connectivity index (χ3v) is 4.91. The molecule has 0 aliphatic heterocycles. The van der Waals surface area contributed by atoms with Crippen molar-refractivity contribution in [2.75, 3.05) is 6.54 Å². The maximum absolute atomic E-state index is 12.1. The second-order valence-corrected chi connectivity index (χ2v) is 11.0. The minimum atomic E-state index is -1.09. The Balaban J connectivity index is 0.000000402. The molecule has 3 amide bonds. The minimum Gasteiger partial charge on any atom is -0.480 e. The van der Waals surface area contributed by atoms with Crippen LogP contribution in [0.5, 0.6) is 0 Å². The molecule has 0 aliphatic carbocycles. The number of carboxylic acids is 1. The topological polar surface area (TPSA) is 143 Å². The molecule has 0 fully saturated rings. The molecule has 0 unspecified atom stereocenters. The van der Waals surface area contributed by atoms with E-state index in [-0.39, 0.29) is 12.3 Å². The summed E-state index contributed by atoms with van der Waals surface area (Å²) >= 11 is 0. The highest BCUT2D eigenvalue weighted by Gasteiger charge is 2.25. The standard InChI is InChI=1S/C16H24N2O3.C14H19NO4/c1-5-17-14(19)13(11-12-9-7-6-8-10-12)18-15(20)21-16(2,3)4;1-14(2,3)19-13(18)15-11(12(16)17)9-10-7-5-4-6-8-10/h6-10,13H,5,11H2,1-4H3,(H,17,19)(H,18,20);4-8,11H,9H2,1-3H3,(H,15,18)(H,16,17)/t13-;11-/m00/s1. The summed E-state index contributed by atoms with van der Waals surface area (Å²) in [6, 6.07) is 17.0. The quantitative estimate of drug-likeness (QED) is 0.356. The van der Waals surface area contributed by atoms with Crippen molar-refractivity contribution in [3.05, 3.63) is 71.8 Å². The smallest absolute Gasteiger partial charge is 0.408 e. The Morgan fingerprint density at radius 3 is 1.43 bits per heavy atom. The molecule has 2 atom stereocenters. The summed E-state index contributed by atoms with van der Waals surface area (Å²) in [6.07, 6.45) is -0.674. The van der Waals surface area contributed by atoms with Gasteiger partial charge in [-0.1, -0.05) is 60.7 Å². The molecule has 2 aromatic carbocycles. The van der Waals surface area contributed by atoms with Crippen LogP contribution >= 0.6 is 0 Å².